The van der Waals surface area contributed by atoms with Crippen LogP contribution in [0.1, 0.15) is 122 Å². The summed E-state index contributed by atoms with van der Waals surface area (Å²) in [5.41, 5.74) is 0. The van der Waals surface area contributed by atoms with Gasteiger partial charge in [0, 0.05) is 6.42 Å². The average molecular weight is 391 g/mol. The molecule has 2 nitrogen and oxygen atoms in total. The van der Waals surface area contributed by atoms with Gasteiger partial charge in [0.05, 0.1) is 0 Å². The third-order valence-electron chi connectivity index (χ3n) is 4.98. The first-order valence-electron chi connectivity index (χ1n) is 11.9. The largest absolute Gasteiger partial charge is 0.481 e. The van der Waals surface area contributed by atoms with Crippen LogP contribution >= 0.6 is 0 Å². The molecule has 0 unspecified atom stereocenters. The molecule has 0 saturated heterocycles. The predicted octanol–water partition coefficient (Wildman–Crippen LogP) is 8.78. The van der Waals surface area contributed by atoms with Gasteiger partial charge in [0.15, 0.2) is 0 Å². The van der Waals surface area contributed by atoms with Gasteiger partial charge in [0.1, 0.15) is 0 Å². The van der Waals surface area contributed by atoms with Gasteiger partial charge in [0.25, 0.3) is 0 Å². The van der Waals surface area contributed by atoms with Crippen molar-refractivity contribution in [2.45, 2.75) is 122 Å². The van der Waals surface area contributed by atoms with Crippen molar-refractivity contribution in [1.29, 1.82) is 0 Å². The van der Waals surface area contributed by atoms with Crippen molar-refractivity contribution in [3.05, 3.63) is 36.5 Å². The molecule has 0 radical (unpaired) electrons. The average Bonchev–Trinajstić information content (AvgIpc) is 2.68. The van der Waals surface area contributed by atoms with Crippen LogP contribution < -0.4 is 0 Å². The van der Waals surface area contributed by atoms with Crippen molar-refractivity contribution in [1.82, 2.24) is 0 Å². The normalized spacial score (nSPS) is 12.0. The van der Waals surface area contributed by atoms with E-state index >= 15 is 0 Å². The third-order valence-corrected chi connectivity index (χ3v) is 4.98. The van der Waals surface area contributed by atoms with E-state index in [1.807, 2.05) is 0 Å². The van der Waals surface area contributed by atoms with E-state index in [-0.39, 0.29) is 6.42 Å². The van der Waals surface area contributed by atoms with E-state index in [4.69, 9.17) is 5.11 Å². The van der Waals surface area contributed by atoms with Gasteiger partial charge < -0.3 is 5.11 Å². The summed E-state index contributed by atoms with van der Waals surface area (Å²) in [6, 6.07) is 0. The number of allylic oxidation sites excluding steroid dienone is 6. The lowest BCUT2D eigenvalue weighted by atomic mass is 10.1. The van der Waals surface area contributed by atoms with Crippen molar-refractivity contribution in [2.75, 3.05) is 0 Å². The Labute approximate surface area is 175 Å². The lowest BCUT2D eigenvalue weighted by molar-refractivity contribution is -0.137. The Hall–Kier alpha value is -1.31. The summed E-state index contributed by atoms with van der Waals surface area (Å²) in [5, 5.41) is 8.55. The van der Waals surface area contributed by atoms with Crippen molar-refractivity contribution in [3.8, 4) is 0 Å². The molecule has 0 spiro atoms. The molecule has 0 aliphatic rings. The number of rotatable bonds is 21. The van der Waals surface area contributed by atoms with Crippen LogP contribution in [0.15, 0.2) is 36.5 Å². The van der Waals surface area contributed by atoms with Gasteiger partial charge in [0.2, 0.25) is 0 Å². The smallest absolute Gasteiger partial charge is 0.303 e. The predicted molar refractivity (Wildman–Crippen MR) is 124 cm³/mol. The fraction of sp³-hybridized carbons (Fsp3) is 0.731. The molecule has 0 fully saturated rings. The second-order valence-electron chi connectivity index (χ2n) is 7.83. The molecule has 0 aromatic carbocycles. The van der Waals surface area contributed by atoms with E-state index in [0.717, 1.165) is 25.7 Å². The van der Waals surface area contributed by atoms with Crippen molar-refractivity contribution in [3.63, 3.8) is 0 Å². The molecule has 0 aromatic heterocycles. The number of unbranched alkanes of at least 4 members (excludes halogenated alkanes) is 13. The van der Waals surface area contributed by atoms with E-state index in [9.17, 15) is 4.79 Å². The van der Waals surface area contributed by atoms with Gasteiger partial charge in [-0.15, -0.1) is 0 Å². The maximum atomic E-state index is 10.4. The third kappa shape index (κ3) is 24.7. The molecular weight excluding hydrogens is 344 g/mol. The molecule has 0 heterocycles. The summed E-state index contributed by atoms with van der Waals surface area (Å²) in [4.78, 5) is 10.4. The van der Waals surface area contributed by atoms with Gasteiger partial charge in [-0.3, -0.25) is 4.79 Å². The topological polar surface area (TPSA) is 37.3 Å². The first-order chi connectivity index (χ1) is 13.8. The molecule has 28 heavy (non-hydrogen) atoms. The Balaban J connectivity index is 3.20. The highest BCUT2D eigenvalue weighted by Crippen LogP contribution is 2.10. The number of hydrogen-bond acceptors (Lipinski definition) is 1. The van der Waals surface area contributed by atoms with Crippen LogP contribution in [0.25, 0.3) is 0 Å². The Bertz CT molecular complexity index is 407. The number of carbonyl (C=O) groups is 1. The fourth-order valence-electron chi connectivity index (χ4n) is 3.19. The molecule has 1 N–H and O–H groups in total. The molecular formula is C26H46O2. The quantitative estimate of drug-likeness (QED) is 0.157. The van der Waals surface area contributed by atoms with E-state index in [2.05, 4.69) is 43.4 Å². The zero-order valence-corrected chi connectivity index (χ0v) is 18.5. The molecule has 0 aromatic rings. The monoisotopic (exact) mass is 390 g/mol. The maximum Gasteiger partial charge on any atom is 0.303 e. The van der Waals surface area contributed by atoms with Crippen LogP contribution in [0.5, 0.6) is 0 Å². The molecule has 2 heteroatoms. The number of hydrogen-bond donors (Lipinski definition) is 1. The van der Waals surface area contributed by atoms with Gasteiger partial charge >= 0.3 is 5.97 Å². The van der Waals surface area contributed by atoms with Crippen LogP contribution in [0, 0.1) is 0 Å². The zero-order valence-electron chi connectivity index (χ0n) is 18.5. The molecule has 0 aliphatic carbocycles. The summed E-state index contributed by atoms with van der Waals surface area (Å²) in [5.74, 6) is -0.697. The number of carboxylic acid groups (broad SMARTS) is 1. The Morgan fingerprint density at radius 1 is 0.536 bits per heavy atom. The summed E-state index contributed by atoms with van der Waals surface area (Å²) in [6.45, 7) is 2.27. The first kappa shape index (κ1) is 26.7. The van der Waals surface area contributed by atoms with E-state index in [1.54, 1.807) is 0 Å². The lowest BCUT2D eigenvalue weighted by Gasteiger charge is -1.99. The van der Waals surface area contributed by atoms with Crippen molar-refractivity contribution in [2.24, 2.45) is 0 Å². The van der Waals surface area contributed by atoms with E-state index in [1.165, 1.54) is 83.5 Å². The van der Waals surface area contributed by atoms with Gasteiger partial charge in [-0.25, -0.2) is 0 Å². The lowest BCUT2D eigenvalue weighted by Crippen LogP contribution is -1.92. The molecule has 0 rings (SSSR count). The Morgan fingerprint density at radius 3 is 1.32 bits per heavy atom. The van der Waals surface area contributed by atoms with Crippen LogP contribution in [0.2, 0.25) is 0 Å². The zero-order chi connectivity index (χ0) is 20.5. The highest BCUT2D eigenvalue weighted by molar-refractivity contribution is 5.66. The number of carboxylic acids is 1. The van der Waals surface area contributed by atoms with Crippen LogP contribution in [-0.4, -0.2) is 11.1 Å². The van der Waals surface area contributed by atoms with Crippen LogP contribution in [-0.2, 0) is 4.79 Å². The van der Waals surface area contributed by atoms with Gasteiger partial charge in [-0.2, -0.15) is 0 Å². The Morgan fingerprint density at radius 2 is 0.893 bits per heavy atom. The standard InChI is InChI=1S/C26H46O2/c1-2-3-4-5-6-7-8-9-10-11-12-13-14-15-16-17-18-19-20-21-22-23-24-25-26(27)28/h7-8,17-18,21-22H,2-6,9-16,19-20,23-25H2,1H3,(H,27,28)/b8-7+,18-17-,22-21-. The molecule has 0 bridgehead atoms. The molecule has 0 saturated carbocycles. The van der Waals surface area contributed by atoms with Gasteiger partial charge in [-0.05, 0) is 64.2 Å². The minimum absolute atomic E-state index is 0.278. The second-order valence-corrected chi connectivity index (χ2v) is 7.83. The van der Waals surface area contributed by atoms with Crippen molar-refractivity contribution >= 4 is 5.97 Å². The maximum absolute atomic E-state index is 10.4. The molecule has 0 amide bonds. The number of aliphatic carboxylic acids is 1. The van der Waals surface area contributed by atoms with E-state index in [0.29, 0.717) is 0 Å². The summed E-state index contributed by atoms with van der Waals surface area (Å²) in [6.07, 6.45) is 35.2. The Kier molecular flexibility index (Phi) is 22.6. The van der Waals surface area contributed by atoms with Crippen LogP contribution in [0.4, 0.5) is 0 Å². The van der Waals surface area contributed by atoms with Crippen LogP contribution in [0.3, 0.4) is 0 Å². The molecule has 0 atom stereocenters. The first-order valence-corrected chi connectivity index (χ1v) is 11.9. The van der Waals surface area contributed by atoms with Gasteiger partial charge in [-0.1, -0.05) is 88.3 Å². The summed E-state index contributed by atoms with van der Waals surface area (Å²) < 4.78 is 0. The summed E-state index contributed by atoms with van der Waals surface area (Å²) >= 11 is 0. The molecule has 162 valence electrons. The summed E-state index contributed by atoms with van der Waals surface area (Å²) in [7, 11) is 0. The minimum Gasteiger partial charge on any atom is -0.481 e. The SMILES string of the molecule is CCCCCC/C=C/CCCCCCCC/C=C\CC/C=C\CCCC(=O)O. The second kappa shape index (κ2) is 23.7. The van der Waals surface area contributed by atoms with Crippen molar-refractivity contribution < 1.29 is 9.90 Å². The minimum atomic E-state index is -0.697. The van der Waals surface area contributed by atoms with E-state index < -0.39 is 5.97 Å². The fourth-order valence-corrected chi connectivity index (χ4v) is 3.19. The highest BCUT2D eigenvalue weighted by Gasteiger charge is 1.93. The molecule has 0 aliphatic heterocycles. The highest BCUT2D eigenvalue weighted by atomic mass is 16.4.